The maximum absolute atomic E-state index is 5.13. The van der Waals surface area contributed by atoms with Crippen molar-refractivity contribution in [2.45, 2.75) is 45.6 Å². The van der Waals surface area contributed by atoms with Crippen molar-refractivity contribution in [1.82, 2.24) is 5.32 Å². The van der Waals surface area contributed by atoms with Gasteiger partial charge in [0.1, 0.15) is 0 Å². The number of rotatable bonds is 6. The van der Waals surface area contributed by atoms with Gasteiger partial charge in [-0.3, -0.25) is 0 Å². The minimum atomic E-state index is 0.534. The van der Waals surface area contributed by atoms with Crippen LogP contribution in [0.3, 0.4) is 0 Å². The summed E-state index contributed by atoms with van der Waals surface area (Å²) in [5.41, 5.74) is 1.85. The normalized spacial score (nSPS) is 20.1. The Morgan fingerprint density at radius 3 is 2.87 bits per heavy atom. The monoisotopic (exact) mass is 207 g/mol. The van der Waals surface area contributed by atoms with E-state index in [0.717, 1.165) is 13.0 Å². The second-order valence-corrected chi connectivity index (χ2v) is 5.00. The topological polar surface area (TPSA) is 25.2 Å². The fourth-order valence-electron chi connectivity index (χ4n) is 2.07. The third kappa shape index (κ3) is 2.63. The molecular weight excluding hydrogens is 186 g/mol. The summed E-state index contributed by atoms with van der Waals surface area (Å²) >= 11 is 0. The van der Waals surface area contributed by atoms with E-state index < -0.39 is 0 Å². The zero-order valence-electron chi connectivity index (χ0n) is 9.75. The van der Waals surface area contributed by atoms with Gasteiger partial charge in [0.25, 0.3) is 0 Å². The van der Waals surface area contributed by atoms with Crippen molar-refractivity contribution in [1.29, 1.82) is 0 Å². The van der Waals surface area contributed by atoms with Crippen molar-refractivity contribution in [3.8, 4) is 0 Å². The van der Waals surface area contributed by atoms with Gasteiger partial charge in [-0.2, -0.15) is 0 Å². The van der Waals surface area contributed by atoms with Gasteiger partial charge in [-0.15, -0.1) is 0 Å². The molecule has 1 aromatic heterocycles. The molecular formula is C13H21NO. The molecule has 0 bridgehead atoms. The summed E-state index contributed by atoms with van der Waals surface area (Å²) in [4.78, 5) is 0. The average Bonchev–Trinajstić information content (AvgIpc) is 2.80. The van der Waals surface area contributed by atoms with Gasteiger partial charge < -0.3 is 9.73 Å². The van der Waals surface area contributed by atoms with E-state index in [0.29, 0.717) is 11.5 Å². The summed E-state index contributed by atoms with van der Waals surface area (Å²) in [6, 6.07) is 2.70. The van der Waals surface area contributed by atoms with E-state index in [1.807, 2.05) is 6.26 Å². The van der Waals surface area contributed by atoms with E-state index in [4.69, 9.17) is 4.42 Å². The van der Waals surface area contributed by atoms with Crippen LogP contribution in [0.15, 0.2) is 23.0 Å². The molecule has 1 aliphatic rings. The van der Waals surface area contributed by atoms with Crippen LogP contribution in [0.2, 0.25) is 0 Å². The number of hydrogen-bond donors (Lipinski definition) is 1. The van der Waals surface area contributed by atoms with Crippen LogP contribution < -0.4 is 5.32 Å². The molecule has 1 unspecified atom stereocenters. The Morgan fingerprint density at radius 2 is 2.33 bits per heavy atom. The Morgan fingerprint density at radius 1 is 1.53 bits per heavy atom. The molecule has 0 amide bonds. The van der Waals surface area contributed by atoms with Crippen molar-refractivity contribution in [3.63, 3.8) is 0 Å². The lowest BCUT2D eigenvalue weighted by Crippen LogP contribution is -2.38. The second kappa shape index (κ2) is 4.40. The molecule has 1 fully saturated rings. The van der Waals surface area contributed by atoms with Crippen molar-refractivity contribution < 1.29 is 4.42 Å². The molecule has 1 atom stereocenters. The molecule has 2 rings (SSSR count). The molecule has 1 saturated carbocycles. The lowest BCUT2D eigenvalue weighted by Gasteiger charge is -2.24. The molecule has 2 heteroatoms. The van der Waals surface area contributed by atoms with Crippen LogP contribution in [-0.4, -0.2) is 12.6 Å². The summed E-state index contributed by atoms with van der Waals surface area (Å²) < 4.78 is 5.13. The van der Waals surface area contributed by atoms with Crippen LogP contribution in [0.1, 0.15) is 38.7 Å². The van der Waals surface area contributed by atoms with Crippen molar-refractivity contribution in [2.75, 3.05) is 6.54 Å². The smallest absolute Gasteiger partial charge is 0.0935 e. The molecule has 0 spiro atoms. The zero-order valence-corrected chi connectivity index (χ0v) is 9.75. The summed E-state index contributed by atoms with van der Waals surface area (Å²) in [6.45, 7) is 5.73. The van der Waals surface area contributed by atoms with Gasteiger partial charge in [0.15, 0.2) is 0 Å². The SMILES string of the molecule is CCCNC(Cc1ccoc1)C1(C)CC1. The van der Waals surface area contributed by atoms with E-state index in [1.54, 1.807) is 6.26 Å². The molecule has 1 aromatic rings. The predicted octanol–water partition coefficient (Wildman–Crippen LogP) is 2.99. The Kier molecular flexibility index (Phi) is 3.15. The highest BCUT2D eigenvalue weighted by Crippen LogP contribution is 2.48. The minimum absolute atomic E-state index is 0.534. The van der Waals surface area contributed by atoms with Crippen LogP contribution in [-0.2, 0) is 6.42 Å². The molecule has 0 aliphatic heterocycles. The minimum Gasteiger partial charge on any atom is -0.472 e. The van der Waals surface area contributed by atoms with Gasteiger partial charge >= 0.3 is 0 Å². The van der Waals surface area contributed by atoms with Gasteiger partial charge in [0.2, 0.25) is 0 Å². The summed E-state index contributed by atoms with van der Waals surface area (Å²) in [5.74, 6) is 0. The number of nitrogens with one attached hydrogen (secondary N) is 1. The Labute approximate surface area is 92.1 Å². The first kappa shape index (κ1) is 10.7. The van der Waals surface area contributed by atoms with Gasteiger partial charge in [0.05, 0.1) is 12.5 Å². The number of hydrogen-bond acceptors (Lipinski definition) is 2. The molecule has 0 aromatic carbocycles. The third-order valence-electron chi connectivity index (χ3n) is 3.54. The molecule has 2 nitrogen and oxygen atoms in total. The van der Waals surface area contributed by atoms with Crippen molar-refractivity contribution >= 4 is 0 Å². The maximum atomic E-state index is 5.13. The fraction of sp³-hybridized carbons (Fsp3) is 0.692. The summed E-state index contributed by atoms with van der Waals surface area (Å²) in [5, 5.41) is 3.67. The first-order valence-corrected chi connectivity index (χ1v) is 5.99. The Hall–Kier alpha value is -0.760. The molecule has 1 N–H and O–H groups in total. The molecule has 15 heavy (non-hydrogen) atoms. The quantitative estimate of drug-likeness (QED) is 0.775. The highest BCUT2D eigenvalue weighted by molar-refractivity contribution is 5.11. The third-order valence-corrected chi connectivity index (χ3v) is 3.54. The maximum Gasteiger partial charge on any atom is 0.0935 e. The lowest BCUT2D eigenvalue weighted by molar-refractivity contribution is 0.353. The van der Waals surface area contributed by atoms with E-state index in [2.05, 4.69) is 25.2 Å². The predicted molar refractivity (Wildman–Crippen MR) is 61.8 cm³/mol. The van der Waals surface area contributed by atoms with E-state index in [-0.39, 0.29) is 0 Å². The van der Waals surface area contributed by atoms with Crippen LogP contribution in [0.25, 0.3) is 0 Å². The van der Waals surface area contributed by atoms with Crippen molar-refractivity contribution in [3.05, 3.63) is 24.2 Å². The van der Waals surface area contributed by atoms with Crippen molar-refractivity contribution in [2.24, 2.45) is 5.41 Å². The van der Waals surface area contributed by atoms with E-state index in [9.17, 15) is 0 Å². The van der Waals surface area contributed by atoms with Gasteiger partial charge in [-0.25, -0.2) is 0 Å². The first-order valence-electron chi connectivity index (χ1n) is 5.99. The standard InChI is InChI=1S/C13H21NO/c1-3-7-14-12(13(2)5-6-13)9-11-4-8-15-10-11/h4,8,10,12,14H,3,5-7,9H2,1-2H3. The van der Waals surface area contributed by atoms with Crippen LogP contribution in [0, 0.1) is 5.41 Å². The van der Waals surface area contributed by atoms with Gasteiger partial charge in [-0.05, 0) is 49.3 Å². The molecule has 84 valence electrons. The van der Waals surface area contributed by atoms with Crippen LogP contribution >= 0.6 is 0 Å². The highest BCUT2D eigenvalue weighted by Gasteiger charge is 2.44. The van der Waals surface area contributed by atoms with Gasteiger partial charge in [0, 0.05) is 6.04 Å². The lowest BCUT2D eigenvalue weighted by atomic mass is 9.93. The molecule has 1 heterocycles. The van der Waals surface area contributed by atoms with Crippen LogP contribution in [0.4, 0.5) is 0 Å². The molecule has 0 radical (unpaired) electrons. The Bertz CT molecular complexity index is 287. The second-order valence-electron chi connectivity index (χ2n) is 5.00. The highest BCUT2D eigenvalue weighted by atomic mass is 16.3. The van der Waals surface area contributed by atoms with Crippen LogP contribution in [0.5, 0.6) is 0 Å². The average molecular weight is 207 g/mol. The summed E-state index contributed by atoms with van der Waals surface area (Å²) in [6.07, 6.45) is 8.68. The van der Waals surface area contributed by atoms with Gasteiger partial charge in [-0.1, -0.05) is 13.8 Å². The first-order chi connectivity index (χ1) is 7.24. The summed E-state index contributed by atoms with van der Waals surface area (Å²) in [7, 11) is 0. The largest absolute Gasteiger partial charge is 0.472 e. The Balaban J connectivity index is 1.93. The number of furan rings is 1. The van der Waals surface area contributed by atoms with E-state index in [1.165, 1.54) is 24.8 Å². The molecule has 1 aliphatic carbocycles. The fourth-order valence-corrected chi connectivity index (χ4v) is 2.07. The zero-order chi connectivity index (χ0) is 10.7. The van der Waals surface area contributed by atoms with E-state index >= 15 is 0 Å². The molecule has 0 saturated heterocycles.